The second-order valence-corrected chi connectivity index (χ2v) is 7.91. The van der Waals surface area contributed by atoms with Gasteiger partial charge < -0.3 is 23.8 Å². The van der Waals surface area contributed by atoms with Crippen LogP contribution in [-0.2, 0) is 13.0 Å². The van der Waals surface area contributed by atoms with E-state index in [0.717, 1.165) is 28.0 Å². The molecule has 166 valence electrons. The van der Waals surface area contributed by atoms with Gasteiger partial charge in [0.15, 0.2) is 17.1 Å². The zero-order valence-electron chi connectivity index (χ0n) is 18.9. The van der Waals surface area contributed by atoms with Crippen molar-refractivity contribution in [2.45, 2.75) is 26.8 Å². The van der Waals surface area contributed by atoms with Crippen LogP contribution in [0.25, 0.3) is 11.1 Å². The van der Waals surface area contributed by atoms with Crippen molar-refractivity contribution in [3.63, 3.8) is 0 Å². The molecular formula is C26H28N2O4. The van der Waals surface area contributed by atoms with E-state index in [9.17, 15) is 4.79 Å². The zero-order valence-corrected chi connectivity index (χ0v) is 18.9. The highest BCUT2D eigenvalue weighted by Crippen LogP contribution is 2.28. The average molecular weight is 433 g/mol. The highest BCUT2D eigenvalue weighted by atomic mass is 16.5. The van der Waals surface area contributed by atoms with Crippen LogP contribution < -0.4 is 14.8 Å². The fraction of sp³-hybridized carbons (Fsp3) is 0.269. The summed E-state index contributed by atoms with van der Waals surface area (Å²) in [5, 5.41) is 3.04. The van der Waals surface area contributed by atoms with E-state index in [0.29, 0.717) is 36.7 Å². The summed E-state index contributed by atoms with van der Waals surface area (Å²) in [7, 11) is 3.23. The molecule has 1 amide bonds. The molecule has 0 spiro atoms. The highest BCUT2D eigenvalue weighted by Gasteiger charge is 2.18. The third-order valence-corrected chi connectivity index (χ3v) is 5.52. The normalized spacial score (nSPS) is 11.0. The van der Waals surface area contributed by atoms with Gasteiger partial charge >= 0.3 is 0 Å². The molecule has 2 aromatic heterocycles. The standard InChI is InChI=1S/C26H28N2O4/c1-17-6-5-7-20(12-17)16-28-21-13-18(2)32-24(21)15-22(28)26(29)27-11-10-19-8-9-23(30-3)25(14-19)31-4/h5-9,12-15H,10-11,16H2,1-4H3,(H,27,29). The molecule has 0 bridgehead atoms. The summed E-state index contributed by atoms with van der Waals surface area (Å²) in [5.74, 6) is 2.07. The number of amides is 1. The summed E-state index contributed by atoms with van der Waals surface area (Å²) < 4.78 is 18.5. The molecule has 0 aliphatic carbocycles. The molecular weight excluding hydrogens is 404 g/mol. The summed E-state index contributed by atoms with van der Waals surface area (Å²) in [5.41, 5.74) is 5.63. The fourth-order valence-corrected chi connectivity index (χ4v) is 3.96. The summed E-state index contributed by atoms with van der Waals surface area (Å²) in [6.45, 7) is 5.09. The quantitative estimate of drug-likeness (QED) is 0.431. The van der Waals surface area contributed by atoms with Gasteiger partial charge in [0, 0.05) is 25.2 Å². The van der Waals surface area contributed by atoms with Gasteiger partial charge in [-0.2, -0.15) is 0 Å². The molecule has 6 nitrogen and oxygen atoms in total. The highest BCUT2D eigenvalue weighted by molar-refractivity contribution is 5.97. The third-order valence-electron chi connectivity index (χ3n) is 5.52. The number of benzene rings is 2. The van der Waals surface area contributed by atoms with Gasteiger partial charge in [0.25, 0.3) is 5.91 Å². The molecule has 6 heteroatoms. The van der Waals surface area contributed by atoms with Gasteiger partial charge in [-0.05, 0) is 43.5 Å². The van der Waals surface area contributed by atoms with Crippen LogP contribution in [0.3, 0.4) is 0 Å². The van der Waals surface area contributed by atoms with Crippen LogP contribution >= 0.6 is 0 Å². The SMILES string of the molecule is COc1ccc(CCNC(=O)c2cc3oc(C)cc3n2Cc2cccc(C)c2)cc1OC. The number of methoxy groups -OCH3 is 2. The number of aromatic nitrogens is 1. The minimum Gasteiger partial charge on any atom is -0.493 e. The van der Waals surface area contributed by atoms with Gasteiger partial charge in [-0.1, -0.05) is 35.9 Å². The molecule has 0 unspecified atom stereocenters. The van der Waals surface area contributed by atoms with Crippen molar-refractivity contribution in [1.82, 2.24) is 9.88 Å². The van der Waals surface area contributed by atoms with E-state index in [1.165, 1.54) is 5.56 Å². The Morgan fingerprint density at radius 3 is 2.53 bits per heavy atom. The van der Waals surface area contributed by atoms with Crippen LogP contribution in [-0.4, -0.2) is 31.2 Å². The lowest BCUT2D eigenvalue weighted by molar-refractivity contribution is 0.0945. The van der Waals surface area contributed by atoms with Crippen LogP contribution in [0.2, 0.25) is 0 Å². The van der Waals surface area contributed by atoms with E-state index in [1.807, 2.05) is 47.9 Å². The smallest absolute Gasteiger partial charge is 0.268 e. The molecule has 0 atom stereocenters. The molecule has 0 radical (unpaired) electrons. The number of hydrogen-bond acceptors (Lipinski definition) is 4. The predicted molar refractivity (Wildman–Crippen MR) is 125 cm³/mol. The molecule has 32 heavy (non-hydrogen) atoms. The first-order valence-corrected chi connectivity index (χ1v) is 10.6. The predicted octanol–water partition coefficient (Wildman–Crippen LogP) is 4.89. The van der Waals surface area contributed by atoms with Gasteiger partial charge in [-0.25, -0.2) is 0 Å². The van der Waals surface area contributed by atoms with E-state index in [1.54, 1.807) is 14.2 Å². The number of aryl methyl sites for hydroxylation is 2. The van der Waals surface area contributed by atoms with Gasteiger partial charge in [0.05, 0.1) is 19.7 Å². The number of hydrogen-bond donors (Lipinski definition) is 1. The Morgan fingerprint density at radius 1 is 0.969 bits per heavy atom. The van der Waals surface area contributed by atoms with Crippen molar-refractivity contribution in [1.29, 1.82) is 0 Å². The summed E-state index contributed by atoms with van der Waals surface area (Å²) in [4.78, 5) is 13.1. The van der Waals surface area contributed by atoms with Crippen LogP contribution in [0, 0.1) is 13.8 Å². The lowest BCUT2D eigenvalue weighted by atomic mass is 10.1. The van der Waals surface area contributed by atoms with E-state index >= 15 is 0 Å². The van der Waals surface area contributed by atoms with Crippen LogP contribution in [0.5, 0.6) is 11.5 Å². The molecule has 0 saturated carbocycles. The second-order valence-electron chi connectivity index (χ2n) is 7.91. The second kappa shape index (κ2) is 9.22. The maximum absolute atomic E-state index is 13.1. The number of ether oxygens (including phenoxy) is 2. The van der Waals surface area contributed by atoms with Gasteiger partial charge in [0.2, 0.25) is 0 Å². The average Bonchev–Trinajstić information content (AvgIpc) is 3.30. The van der Waals surface area contributed by atoms with E-state index < -0.39 is 0 Å². The Morgan fingerprint density at radius 2 is 1.78 bits per heavy atom. The first-order valence-electron chi connectivity index (χ1n) is 10.6. The van der Waals surface area contributed by atoms with Crippen molar-refractivity contribution in [2.24, 2.45) is 0 Å². The zero-order chi connectivity index (χ0) is 22.7. The number of furan rings is 1. The van der Waals surface area contributed by atoms with Gasteiger partial charge in [0.1, 0.15) is 11.5 Å². The first kappa shape index (κ1) is 21.6. The lowest BCUT2D eigenvalue weighted by Gasteiger charge is -2.12. The number of fused-ring (bicyclic) bond motifs is 1. The summed E-state index contributed by atoms with van der Waals surface area (Å²) in [6, 6.07) is 17.9. The minimum atomic E-state index is -0.123. The molecule has 2 aromatic carbocycles. The van der Waals surface area contributed by atoms with E-state index in [4.69, 9.17) is 13.9 Å². The van der Waals surface area contributed by atoms with Gasteiger partial charge in [-0.3, -0.25) is 4.79 Å². The Bertz CT molecular complexity index is 1250. The van der Waals surface area contributed by atoms with Crippen LogP contribution in [0.4, 0.5) is 0 Å². The Kier molecular flexibility index (Phi) is 6.21. The third kappa shape index (κ3) is 4.49. The number of nitrogens with zero attached hydrogens (tertiary/aromatic N) is 1. The van der Waals surface area contributed by atoms with Crippen molar-refractivity contribution in [2.75, 3.05) is 20.8 Å². The van der Waals surface area contributed by atoms with Crippen LogP contribution in [0.1, 0.15) is 32.9 Å². The largest absolute Gasteiger partial charge is 0.493 e. The summed E-state index contributed by atoms with van der Waals surface area (Å²) >= 11 is 0. The number of rotatable bonds is 8. The van der Waals surface area contributed by atoms with Crippen LogP contribution in [0.15, 0.2) is 59.0 Å². The van der Waals surface area contributed by atoms with E-state index in [2.05, 4.69) is 30.4 Å². The number of carbonyl (C=O) groups is 1. The molecule has 4 aromatic rings. The molecule has 0 saturated heterocycles. The Hall–Kier alpha value is -3.67. The molecule has 2 heterocycles. The number of nitrogens with one attached hydrogen (secondary N) is 1. The minimum absolute atomic E-state index is 0.123. The summed E-state index contributed by atoms with van der Waals surface area (Å²) in [6.07, 6.45) is 0.680. The maximum atomic E-state index is 13.1. The molecule has 4 rings (SSSR count). The fourth-order valence-electron chi connectivity index (χ4n) is 3.96. The van der Waals surface area contributed by atoms with Crippen molar-refractivity contribution in [3.8, 4) is 11.5 Å². The molecule has 0 aliphatic rings. The van der Waals surface area contributed by atoms with Crippen molar-refractivity contribution in [3.05, 3.63) is 82.7 Å². The van der Waals surface area contributed by atoms with Crippen molar-refractivity contribution >= 4 is 17.0 Å². The topological polar surface area (TPSA) is 65.6 Å². The Balaban J connectivity index is 1.51. The van der Waals surface area contributed by atoms with Gasteiger partial charge in [-0.15, -0.1) is 0 Å². The maximum Gasteiger partial charge on any atom is 0.268 e. The monoisotopic (exact) mass is 432 g/mol. The number of carbonyl (C=O) groups excluding carboxylic acids is 1. The van der Waals surface area contributed by atoms with Crippen molar-refractivity contribution < 1.29 is 18.7 Å². The molecule has 1 N–H and O–H groups in total. The molecule has 0 fully saturated rings. The Labute approximate surface area is 187 Å². The van der Waals surface area contributed by atoms with E-state index in [-0.39, 0.29) is 5.91 Å². The molecule has 0 aliphatic heterocycles. The first-order chi connectivity index (χ1) is 15.5. The lowest BCUT2D eigenvalue weighted by Crippen LogP contribution is -2.28.